The van der Waals surface area contributed by atoms with Gasteiger partial charge in [-0.05, 0) is 35.9 Å². The standard InChI is InChI=1S/C19H18F2N2O5/c1-27-17(25)11-22-16(24)9-12-5-7-14(8-6-12)23-18(26)13-3-2-4-15(10-13)28-19(20)21/h2-8,10,19H,9,11H2,1H3,(H,22,24)(H,23,26). The van der Waals surface area contributed by atoms with Crippen molar-refractivity contribution in [3.05, 3.63) is 59.7 Å². The number of rotatable bonds is 8. The Bertz CT molecular complexity index is 840. The van der Waals surface area contributed by atoms with Gasteiger partial charge in [-0.2, -0.15) is 8.78 Å². The van der Waals surface area contributed by atoms with Crippen LogP contribution >= 0.6 is 0 Å². The van der Waals surface area contributed by atoms with Gasteiger partial charge in [0.15, 0.2) is 0 Å². The summed E-state index contributed by atoms with van der Waals surface area (Å²) in [4.78, 5) is 34.9. The molecule has 28 heavy (non-hydrogen) atoms. The highest BCUT2D eigenvalue weighted by atomic mass is 19.3. The molecule has 0 heterocycles. The first kappa shape index (κ1) is 20.8. The smallest absolute Gasteiger partial charge is 0.387 e. The van der Waals surface area contributed by atoms with Gasteiger partial charge in [-0.3, -0.25) is 14.4 Å². The van der Waals surface area contributed by atoms with Crippen LogP contribution in [0.1, 0.15) is 15.9 Å². The molecule has 7 nitrogen and oxygen atoms in total. The molecular weight excluding hydrogens is 374 g/mol. The zero-order valence-corrected chi connectivity index (χ0v) is 14.9. The lowest BCUT2D eigenvalue weighted by Crippen LogP contribution is -2.31. The lowest BCUT2D eigenvalue weighted by Gasteiger charge is -2.09. The minimum Gasteiger partial charge on any atom is -0.468 e. The number of ether oxygens (including phenoxy) is 2. The molecule has 0 radical (unpaired) electrons. The van der Waals surface area contributed by atoms with Crippen molar-refractivity contribution in [3.8, 4) is 5.75 Å². The molecule has 2 aromatic rings. The van der Waals surface area contributed by atoms with E-state index in [1.807, 2.05) is 0 Å². The molecule has 2 N–H and O–H groups in total. The molecule has 0 atom stereocenters. The van der Waals surface area contributed by atoms with Crippen LogP contribution in [-0.2, 0) is 20.7 Å². The van der Waals surface area contributed by atoms with E-state index in [4.69, 9.17) is 0 Å². The van der Waals surface area contributed by atoms with Crippen LogP contribution in [0, 0.1) is 0 Å². The van der Waals surface area contributed by atoms with Crippen LogP contribution in [0.15, 0.2) is 48.5 Å². The van der Waals surface area contributed by atoms with E-state index in [9.17, 15) is 23.2 Å². The first-order valence-electron chi connectivity index (χ1n) is 8.16. The number of nitrogens with one attached hydrogen (secondary N) is 2. The fourth-order valence-corrected chi connectivity index (χ4v) is 2.21. The monoisotopic (exact) mass is 392 g/mol. The van der Waals surface area contributed by atoms with Crippen LogP contribution < -0.4 is 15.4 Å². The van der Waals surface area contributed by atoms with Crippen molar-refractivity contribution in [2.75, 3.05) is 19.0 Å². The van der Waals surface area contributed by atoms with E-state index in [2.05, 4.69) is 20.1 Å². The number of amides is 2. The first-order valence-corrected chi connectivity index (χ1v) is 8.16. The Morgan fingerprint density at radius 1 is 1.07 bits per heavy atom. The van der Waals surface area contributed by atoms with Crippen LogP contribution in [-0.4, -0.2) is 38.0 Å². The molecule has 0 aromatic heterocycles. The summed E-state index contributed by atoms with van der Waals surface area (Å²) in [5.41, 5.74) is 1.29. The summed E-state index contributed by atoms with van der Waals surface area (Å²) >= 11 is 0. The summed E-state index contributed by atoms with van der Waals surface area (Å²) in [6.07, 6.45) is 0.0538. The highest BCUT2D eigenvalue weighted by molar-refractivity contribution is 6.04. The van der Waals surface area contributed by atoms with Crippen molar-refractivity contribution in [2.24, 2.45) is 0 Å². The number of methoxy groups -OCH3 is 1. The SMILES string of the molecule is COC(=O)CNC(=O)Cc1ccc(NC(=O)c2cccc(OC(F)F)c2)cc1. The molecule has 0 bridgehead atoms. The third-order valence-corrected chi connectivity index (χ3v) is 3.56. The van der Waals surface area contributed by atoms with Crippen LogP contribution in [0.5, 0.6) is 5.75 Å². The predicted molar refractivity (Wildman–Crippen MR) is 96.2 cm³/mol. The van der Waals surface area contributed by atoms with E-state index in [0.29, 0.717) is 11.3 Å². The van der Waals surface area contributed by atoms with Gasteiger partial charge in [0.1, 0.15) is 12.3 Å². The number of carbonyl (C=O) groups is 3. The average Bonchev–Trinajstić information content (AvgIpc) is 2.67. The number of carbonyl (C=O) groups excluding carboxylic acids is 3. The van der Waals surface area contributed by atoms with Gasteiger partial charge in [-0.25, -0.2) is 0 Å². The quantitative estimate of drug-likeness (QED) is 0.673. The normalized spacial score (nSPS) is 10.3. The number of alkyl halides is 2. The second-order valence-electron chi connectivity index (χ2n) is 5.59. The van der Waals surface area contributed by atoms with Gasteiger partial charge < -0.3 is 20.1 Å². The van der Waals surface area contributed by atoms with Gasteiger partial charge in [0, 0.05) is 11.3 Å². The summed E-state index contributed by atoms with van der Waals surface area (Å²) in [6.45, 7) is -3.19. The summed E-state index contributed by atoms with van der Waals surface area (Å²) in [5, 5.41) is 5.04. The predicted octanol–water partition coefficient (Wildman–Crippen LogP) is 2.37. The Morgan fingerprint density at radius 3 is 2.43 bits per heavy atom. The summed E-state index contributed by atoms with van der Waals surface area (Å²) < 4.78 is 33.2. The van der Waals surface area contributed by atoms with Gasteiger partial charge in [0.25, 0.3) is 5.91 Å². The van der Waals surface area contributed by atoms with Gasteiger partial charge >= 0.3 is 12.6 Å². The zero-order valence-electron chi connectivity index (χ0n) is 14.9. The lowest BCUT2D eigenvalue weighted by molar-refractivity contribution is -0.141. The molecule has 9 heteroatoms. The molecule has 0 saturated heterocycles. The number of esters is 1. The fourth-order valence-electron chi connectivity index (χ4n) is 2.21. The van der Waals surface area contributed by atoms with E-state index in [0.717, 1.165) is 0 Å². The first-order chi connectivity index (χ1) is 13.4. The number of hydrogen-bond donors (Lipinski definition) is 2. The van der Waals surface area contributed by atoms with E-state index in [-0.39, 0.29) is 30.2 Å². The average molecular weight is 392 g/mol. The number of anilines is 1. The highest BCUT2D eigenvalue weighted by Crippen LogP contribution is 2.18. The van der Waals surface area contributed by atoms with E-state index in [1.165, 1.54) is 31.4 Å². The molecule has 2 amide bonds. The molecule has 2 aromatic carbocycles. The van der Waals surface area contributed by atoms with E-state index >= 15 is 0 Å². The molecule has 0 aliphatic heterocycles. The van der Waals surface area contributed by atoms with Crippen molar-refractivity contribution in [1.82, 2.24) is 5.32 Å². The van der Waals surface area contributed by atoms with Gasteiger partial charge in [0.05, 0.1) is 13.5 Å². The lowest BCUT2D eigenvalue weighted by atomic mass is 10.1. The molecule has 0 aliphatic rings. The van der Waals surface area contributed by atoms with Crippen molar-refractivity contribution < 1.29 is 32.6 Å². The second kappa shape index (κ2) is 10.0. The molecule has 0 fully saturated rings. The Labute approximate surface area is 159 Å². The topological polar surface area (TPSA) is 93.7 Å². The second-order valence-corrected chi connectivity index (χ2v) is 5.59. The maximum Gasteiger partial charge on any atom is 0.387 e. The minimum atomic E-state index is -2.98. The Balaban J connectivity index is 1.92. The summed E-state index contributed by atoms with van der Waals surface area (Å²) in [7, 11) is 1.23. The zero-order chi connectivity index (χ0) is 20.5. The van der Waals surface area contributed by atoms with Gasteiger partial charge in [0.2, 0.25) is 5.91 Å². The maximum atomic E-state index is 12.3. The van der Waals surface area contributed by atoms with E-state index < -0.39 is 18.5 Å². The molecule has 0 spiro atoms. The van der Waals surface area contributed by atoms with Crippen molar-refractivity contribution in [3.63, 3.8) is 0 Å². The third-order valence-electron chi connectivity index (χ3n) is 3.56. The molecule has 0 aliphatic carbocycles. The maximum absolute atomic E-state index is 12.3. The molecule has 0 saturated carbocycles. The van der Waals surface area contributed by atoms with Gasteiger partial charge in [-0.15, -0.1) is 0 Å². The number of benzene rings is 2. The number of hydrogen-bond acceptors (Lipinski definition) is 5. The molecular formula is C19H18F2N2O5. The number of halogens is 2. The van der Waals surface area contributed by atoms with Crippen molar-refractivity contribution in [2.45, 2.75) is 13.0 Å². The Morgan fingerprint density at radius 2 is 1.79 bits per heavy atom. The van der Waals surface area contributed by atoms with Crippen molar-refractivity contribution >= 4 is 23.5 Å². The minimum absolute atomic E-state index is 0.0538. The Kier molecular flexibility index (Phi) is 7.44. The molecule has 2 rings (SSSR count). The summed E-state index contributed by atoms with van der Waals surface area (Å²) in [5.74, 6) is -1.51. The largest absolute Gasteiger partial charge is 0.468 e. The highest BCUT2D eigenvalue weighted by Gasteiger charge is 2.11. The molecule has 0 unspecified atom stereocenters. The van der Waals surface area contributed by atoms with Gasteiger partial charge in [-0.1, -0.05) is 18.2 Å². The van der Waals surface area contributed by atoms with Crippen LogP contribution in [0.25, 0.3) is 0 Å². The third kappa shape index (κ3) is 6.67. The van der Waals surface area contributed by atoms with Crippen LogP contribution in [0.3, 0.4) is 0 Å². The Hall–Kier alpha value is -3.49. The molecule has 148 valence electrons. The van der Waals surface area contributed by atoms with Crippen LogP contribution in [0.2, 0.25) is 0 Å². The van der Waals surface area contributed by atoms with E-state index in [1.54, 1.807) is 24.3 Å². The summed E-state index contributed by atoms with van der Waals surface area (Å²) in [6, 6.07) is 11.9. The fraction of sp³-hybridized carbons (Fsp3) is 0.211. The van der Waals surface area contributed by atoms with Crippen molar-refractivity contribution in [1.29, 1.82) is 0 Å². The van der Waals surface area contributed by atoms with Crippen LogP contribution in [0.4, 0.5) is 14.5 Å².